The molecule has 1 atom stereocenters. The molecule has 0 aromatic carbocycles. The molecule has 1 aliphatic carbocycles. The molecule has 10 heteroatoms. The van der Waals surface area contributed by atoms with E-state index in [2.05, 4.69) is 21.9 Å². The van der Waals surface area contributed by atoms with Crippen LogP contribution in [0.3, 0.4) is 0 Å². The monoisotopic (exact) mass is 462 g/mol. The Labute approximate surface area is 189 Å². The van der Waals surface area contributed by atoms with Gasteiger partial charge in [0, 0.05) is 12.5 Å². The third kappa shape index (κ3) is 6.03. The Balaban J connectivity index is 0.00000187. The summed E-state index contributed by atoms with van der Waals surface area (Å²) in [6.07, 6.45) is 5.94. The van der Waals surface area contributed by atoms with Crippen LogP contribution in [0, 0.1) is 11.6 Å². The molecular weight excluding hydrogens is 434 g/mol. The molecule has 0 radical (unpaired) electrons. The van der Waals surface area contributed by atoms with Gasteiger partial charge in [-0.25, -0.2) is 18.1 Å². The van der Waals surface area contributed by atoms with Gasteiger partial charge in [0.1, 0.15) is 28.7 Å². The van der Waals surface area contributed by atoms with Crippen molar-refractivity contribution in [1.82, 2.24) is 19.9 Å². The Kier molecular flexibility index (Phi) is 9.26. The first-order chi connectivity index (χ1) is 15.8. The first-order valence-electron chi connectivity index (χ1n) is 10.8. The first-order valence-corrected chi connectivity index (χ1v) is 10.8. The summed E-state index contributed by atoms with van der Waals surface area (Å²) >= 11 is 0. The second-order valence-corrected chi connectivity index (χ2v) is 7.12. The van der Waals surface area contributed by atoms with Crippen LogP contribution in [-0.4, -0.2) is 25.5 Å². The van der Waals surface area contributed by atoms with Crippen molar-refractivity contribution in [1.29, 1.82) is 0 Å². The van der Waals surface area contributed by atoms with E-state index in [1.54, 1.807) is 12.2 Å². The van der Waals surface area contributed by atoms with Gasteiger partial charge >= 0.3 is 5.69 Å². The maximum atomic E-state index is 13.8. The van der Waals surface area contributed by atoms with Gasteiger partial charge in [-0.3, -0.25) is 14.6 Å². The molecular formula is C23H28F2N4O4. The number of allylic oxidation sites excluding steroid dienone is 1. The highest BCUT2D eigenvalue weighted by Gasteiger charge is 2.25. The second-order valence-electron chi connectivity index (χ2n) is 7.12. The lowest BCUT2D eigenvalue weighted by atomic mass is 10.1. The first kappa shape index (κ1) is 25.7. The Bertz CT molecular complexity index is 1250. The molecule has 0 spiro atoms. The SMILES string of the molecule is C=CCCCC(C(=O)NCc1ncc(F)cc1F)n1c(=O)[nH]c2c(c1=O)=C(O)CCC=2.CC. The number of pyridine rings is 1. The number of aliphatic hydroxyl groups is 1. The van der Waals surface area contributed by atoms with Gasteiger partial charge in [-0.15, -0.1) is 6.58 Å². The number of carbonyl (C=O) groups is 1. The number of unbranched alkanes of at least 4 members (excludes halogenated alkanes) is 1. The van der Waals surface area contributed by atoms with Crippen LogP contribution in [0.5, 0.6) is 0 Å². The number of carbonyl (C=O) groups excluding carboxylic acids is 1. The summed E-state index contributed by atoms with van der Waals surface area (Å²) in [5.41, 5.74) is -1.76. The number of nitrogens with zero attached hydrogens (tertiary/aromatic N) is 2. The molecule has 3 N–H and O–H groups in total. The summed E-state index contributed by atoms with van der Waals surface area (Å²) in [7, 11) is 0. The van der Waals surface area contributed by atoms with E-state index in [9.17, 15) is 28.3 Å². The minimum atomic E-state index is -1.21. The number of aromatic nitrogens is 3. The van der Waals surface area contributed by atoms with Crippen LogP contribution in [0.1, 0.15) is 57.7 Å². The van der Waals surface area contributed by atoms with Crippen molar-refractivity contribution in [3.05, 3.63) is 73.7 Å². The zero-order valence-electron chi connectivity index (χ0n) is 18.7. The fourth-order valence-electron chi connectivity index (χ4n) is 3.45. The summed E-state index contributed by atoms with van der Waals surface area (Å²) in [6.45, 7) is 7.26. The van der Waals surface area contributed by atoms with Crippen LogP contribution >= 0.6 is 0 Å². The number of rotatable bonds is 8. The standard InChI is InChI=1S/C21H22F2N4O4.C2H6/c1-2-3-4-7-16(19(29)25-11-15-13(23)9-12(22)10-24-15)27-20(30)18-14(26-21(27)31)6-5-8-17(18)28;1-2/h2,6,9-10,16,28H,1,3-5,7-8,11H2,(H,25,29)(H,26,31);1-2H3. The fourth-order valence-corrected chi connectivity index (χ4v) is 3.45. The van der Waals surface area contributed by atoms with E-state index < -0.39 is 34.8 Å². The summed E-state index contributed by atoms with van der Waals surface area (Å²) in [5, 5.41) is 12.8. The minimum absolute atomic E-state index is 0.0429. The molecule has 1 aliphatic rings. The second kappa shape index (κ2) is 11.9. The summed E-state index contributed by atoms with van der Waals surface area (Å²) in [4.78, 5) is 44.7. The highest BCUT2D eigenvalue weighted by atomic mass is 19.1. The number of hydrogen-bond acceptors (Lipinski definition) is 5. The third-order valence-electron chi connectivity index (χ3n) is 4.99. The number of H-pyrrole nitrogens is 1. The van der Waals surface area contributed by atoms with E-state index in [-0.39, 0.29) is 41.4 Å². The molecule has 0 aliphatic heterocycles. The lowest BCUT2D eigenvalue weighted by Gasteiger charge is -2.19. The van der Waals surface area contributed by atoms with Crippen molar-refractivity contribution in [2.24, 2.45) is 0 Å². The Morgan fingerprint density at radius 2 is 2.12 bits per heavy atom. The molecule has 0 saturated carbocycles. The summed E-state index contributed by atoms with van der Waals surface area (Å²) in [6, 6.07) is -0.566. The maximum absolute atomic E-state index is 13.8. The van der Waals surface area contributed by atoms with Crippen molar-refractivity contribution in [3.63, 3.8) is 0 Å². The lowest BCUT2D eigenvalue weighted by molar-refractivity contribution is -0.125. The lowest BCUT2D eigenvalue weighted by Crippen LogP contribution is -2.57. The number of aliphatic hydroxyl groups excluding tert-OH is 1. The average molecular weight is 462 g/mol. The average Bonchev–Trinajstić information content (AvgIpc) is 2.78. The number of aromatic amines is 1. The Hall–Kier alpha value is -3.56. The van der Waals surface area contributed by atoms with Gasteiger partial charge in [0.15, 0.2) is 0 Å². The van der Waals surface area contributed by atoms with Gasteiger partial charge in [-0.2, -0.15) is 0 Å². The normalized spacial score (nSPS) is 13.2. The van der Waals surface area contributed by atoms with Gasteiger partial charge in [-0.1, -0.05) is 26.0 Å². The van der Waals surface area contributed by atoms with Crippen molar-refractivity contribution in [2.75, 3.05) is 0 Å². The van der Waals surface area contributed by atoms with E-state index in [4.69, 9.17) is 0 Å². The molecule has 2 aromatic heterocycles. The number of fused-ring (bicyclic) bond motifs is 1. The van der Waals surface area contributed by atoms with E-state index in [1.807, 2.05) is 13.8 Å². The number of nitrogens with one attached hydrogen (secondary N) is 2. The number of hydrogen-bond donors (Lipinski definition) is 3. The van der Waals surface area contributed by atoms with E-state index in [0.29, 0.717) is 25.3 Å². The maximum Gasteiger partial charge on any atom is 0.329 e. The van der Waals surface area contributed by atoms with Crippen LogP contribution < -0.4 is 27.1 Å². The van der Waals surface area contributed by atoms with Gasteiger partial charge in [0.25, 0.3) is 5.56 Å². The van der Waals surface area contributed by atoms with E-state index in [0.717, 1.165) is 10.8 Å². The molecule has 2 aromatic rings. The molecule has 3 rings (SSSR count). The van der Waals surface area contributed by atoms with Crippen LogP contribution in [-0.2, 0) is 11.3 Å². The van der Waals surface area contributed by atoms with Crippen molar-refractivity contribution in [2.45, 2.75) is 58.5 Å². The van der Waals surface area contributed by atoms with Crippen molar-refractivity contribution in [3.8, 4) is 0 Å². The third-order valence-corrected chi connectivity index (χ3v) is 4.99. The van der Waals surface area contributed by atoms with Gasteiger partial charge < -0.3 is 15.4 Å². The topological polar surface area (TPSA) is 117 Å². The van der Waals surface area contributed by atoms with E-state index >= 15 is 0 Å². The smallest absolute Gasteiger partial charge is 0.329 e. The van der Waals surface area contributed by atoms with Crippen LogP contribution in [0.4, 0.5) is 8.78 Å². The molecule has 0 saturated heterocycles. The summed E-state index contributed by atoms with van der Waals surface area (Å²) < 4.78 is 27.6. The predicted octanol–water partition coefficient (Wildman–Crippen LogP) is 1.69. The highest BCUT2D eigenvalue weighted by molar-refractivity contribution is 5.80. The zero-order chi connectivity index (χ0) is 24.5. The zero-order valence-corrected chi connectivity index (χ0v) is 18.7. The predicted molar refractivity (Wildman–Crippen MR) is 121 cm³/mol. The molecule has 0 fully saturated rings. The summed E-state index contributed by atoms with van der Waals surface area (Å²) in [5.74, 6) is -2.64. The van der Waals surface area contributed by atoms with Gasteiger partial charge in [0.05, 0.1) is 23.8 Å². The molecule has 0 bridgehead atoms. The molecule has 178 valence electrons. The number of halogens is 2. The number of amides is 1. The van der Waals surface area contributed by atoms with Crippen molar-refractivity contribution >= 4 is 17.7 Å². The molecule has 33 heavy (non-hydrogen) atoms. The van der Waals surface area contributed by atoms with Crippen LogP contribution in [0.15, 0.2) is 34.5 Å². The Morgan fingerprint density at radius 1 is 1.39 bits per heavy atom. The Morgan fingerprint density at radius 3 is 2.79 bits per heavy atom. The fraction of sp³-hybridized carbons (Fsp3) is 0.391. The van der Waals surface area contributed by atoms with Crippen LogP contribution in [0.25, 0.3) is 11.8 Å². The molecule has 1 amide bonds. The molecule has 8 nitrogen and oxygen atoms in total. The van der Waals surface area contributed by atoms with Gasteiger partial charge in [-0.05, 0) is 25.7 Å². The quantitative estimate of drug-likeness (QED) is 0.408. The van der Waals surface area contributed by atoms with Crippen molar-refractivity contribution < 1.29 is 18.7 Å². The van der Waals surface area contributed by atoms with Crippen LogP contribution in [0.2, 0.25) is 0 Å². The highest BCUT2D eigenvalue weighted by Crippen LogP contribution is 2.13. The van der Waals surface area contributed by atoms with E-state index in [1.165, 1.54) is 0 Å². The van der Waals surface area contributed by atoms with Gasteiger partial charge in [0.2, 0.25) is 5.91 Å². The minimum Gasteiger partial charge on any atom is -0.511 e. The molecule has 2 heterocycles. The molecule has 1 unspecified atom stereocenters. The largest absolute Gasteiger partial charge is 0.511 e.